The summed E-state index contributed by atoms with van der Waals surface area (Å²) in [5, 5.41) is 1.16. The number of rotatable bonds is 5. The number of hydrogen-bond acceptors (Lipinski definition) is 1. The maximum absolute atomic E-state index is 12.8. The van der Waals surface area contributed by atoms with Gasteiger partial charge in [0.05, 0.1) is 6.42 Å². The van der Waals surface area contributed by atoms with Crippen LogP contribution in [0.1, 0.15) is 29.3 Å². The number of H-pyrrole nitrogens is 1. The Bertz CT molecular complexity index is 849. The zero-order valence-corrected chi connectivity index (χ0v) is 14.6. The molecule has 1 aromatic heterocycles. The smallest absolute Gasteiger partial charge is 0.227 e. The van der Waals surface area contributed by atoms with Gasteiger partial charge in [0, 0.05) is 29.7 Å². The summed E-state index contributed by atoms with van der Waals surface area (Å²) in [6, 6.07) is 16.5. The lowest BCUT2D eigenvalue weighted by Crippen LogP contribution is -2.31. The van der Waals surface area contributed by atoms with Gasteiger partial charge in [0.25, 0.3) is 0 Å². The van der Waals surface area contributed by atoms with Crippen LogP contribution in [-0.4, -0.2) is 22.3 Å². The highest BCUT2D eigenvalue weighted by molar-refractivity contribution is 5.90. The molecular formula is C21H24N2O. The Labute approximate surface area is 143 Å². The molecule has 0 aliphatic rings. The lowest BCUT2D eigenvalue weighted by molar-refractivity contribution is -0.130. The van der Waals surface area contributed by atoms with Gasteiger partial charge in [-0.1, -0.05) is 42.0 Å². The van der Waals surface area contributed by atoms with E-state index < -0.39 is 0 Å². The van der Waals surface area contributed by atoms with E-state index in [1.165, 1.54) is 11.1 Å². The van der Waals surface area contributed by atoms with Crippen LogP contribution in [-0.2, 0) is 17.8 Å². The van der Waals surface area contributed by atoms with Crippen molar-refractivity contribution in [1.82, 2.24) is 9.88 Å². The number of aromatic amines is 1. The summed E-state index contributed by atoms with van der Waals surface area (Å²) in [4.78, 5) is 18.2. The summed E-state index contributed by atoms with van der Waals surface area (Å²) >= 11 is 0. The predicted molar refractivity (Wildman–Crippen MR) is 99.0 cm³/mol. The average molecular weight is 320 g/mol. The van der Waals surface area contributed by atoms with E-state index in [1.807, 2.05) is 36.9 Å². The van der Waals surface area contributed by atoms with Gasteiger partial charge in [0.2, 0.25) is 5.91 Å². The Hall–Kier alpha value is -2.55. The van der Waals surface area contributed by atoms with Crippen molar-refractivity contribution in [2.24, 2.45) is 0 Å². The molecule has 0 spiro atoms. The lowest BCUT2D eigenvalue weighted by atomic mass is 10.0. The summed E-state index contributed by atoms with van der Waals surface area (Å²) in [7, 11) is 0. The second kappa shape index (κ2) is 6.91. The zero-order valence-electron chi connectivity index (χ0n) is 14.6. The van der Waals surface area contributed by atoms with Crippen LogP contribution in [0, 0.1) is 13.8 Å². The maximum atomic E-state index is 12.8. The minimum Gasteiger partial charge on any atom is -0.358 e. The van der Waals surface area contributed by atoms with Crippen molar-refractivity contribution >= 4 is 16.8 Å². The number of hydrogen-bond donors (Lipinski definition) is 1. The van der Waals surface area contributed by atoms with Crippen LogP contribution in [0.25, 0.3) is 10.9 Å². The first-order valence-electron chi connectivity index (χ1n) is 8.48. The molecule has 0 fully saturated rings. The molecule has 124 valence electrons. The normalized spacial score (nSPS) is 11.0. The molecule has 3 rings (SSSR count). The molecule has 3 heteroatoms. The van der Waals surface area contributed by atoms with E-state index in [9.17, 15) is 4.79 Å². The number of carbonyl (C=O) groups is 1. The number of benzene rings is 2. The van der Waals surface area contributed by atoms with E-state index in [4.69, 9.17) is 0 Å². The van der Waals surface area contributed by atoms with Gasteiger partial charge in [-0.15, -0.1) is 0 Å². The average Bonchev–Trinajstić information content (AvgIpc) is 2.89. The number of fused-ring (bicyclic) bond motifs is 1. The summed E-state index contributed by atoms with van der Waals surface area (Å²) in [5.41, 5.74) is 5.68. The van der Waals surface area contributed by atoms with E-state index in [2.05, 4.69) is 42.2 Å². The minimum atomic E-state index is 0.173. The molecule has 0 saturated heterocycles. The van der Waals surface area contributed by atoms with Gasteiger partial charge >= 0.3 is 0 Å². The van der Waals surface area contributed by atoms with Gasteiger partial charge in [0.15, 0.2) is 0 Å². The Balaban J connectivity index is 1.83. The molecule has 0 aliphatic heterocycles. The van der Waals surface area contributed by atoms with Gasteiger partial charge in [-0.3, -0.25) is 4.79 Å². The van der Waals surface area contributed by atoms with Crippen molar-refractivity contribution in [3.63, 3.8) is 0 Å². The van der Waals surface area contributed by atoms with Crippen molar-refractivity contribution in [3.05, 3.63) is 70.9 Å². The third-order valence-corrected chi connectivity index (χ3v) is 4.55. The minimum absolute atomic E-state index is 0.173. The van der Waals surface area contributed by atoms with E-state index in [0.29, 0.717) is 19.5 Å². The molecule has 2 aromatic carbocycles. The van der Waals surface area contributed by atoms with Crippen molar-refractivity contribution in [2.45, 2.75) is 33.7 Å². The van der Waals surface area contributed by atoms with Crippen molar-refractivity contribution in [2.75, 3.05) is 6.54 Å². The number of likely N-dealkylation sites (N-methyl/N-ethyl adjacent to an activating group) is 1. The molecule has 3 nitrogen and oxygen atoms in total. The molecular weight excluding hydrogens is 296 g/mol. The van der Waals surface area contributed by atoms with Gasteiger partial charge in [-0.05, 0) is 44.0 Å². The molecule has 0 atom stereocenters. The summed E-state index contributed by atoms with van der Waals surface area (Å²) in [6.45, 7) is 7.55. The molecule has 0 unspecified atom stereocenters. The van der Waals surface area contributed by atoms with Gasteiger partial charge in [0.1, 0.15) is 0 Å². The van der Waals surface area contributed by atoms with Gasteiger partial charge in [-0.25, -0.2) is 0 Å². The van der Waals surface area contributed by atoms with E-state index in [0.717, 1.165) is 22.2 Å². The monoisotopic (exact) mass is 320 g/mol. The Kier molecular flexibility index (Phi) is 4.70. The molecule has 1 heterocycles. The number of nitrogens with zero attached hydrogens (tertiary/aromatic N) is 1. The molecule has 3 aromatic rings. The number of nitrogens with one attached hydrogen (secondary N) is 1. The first-order valence-corrected chi connectivity index (χ1v) is 8.48. The maximum Gasteiger partial charge on any atom is 0.227 e. The largest absolute Gasteiger partial charge is 0.358 e. The van der Waals surface area contributed by atoms with Gasteiger partial charge < -0.3 is 9.88 Å². The molecule has 0 saturated carbocycles. The second-order valence-corrected chi connectivity index (χ2v) is 6.35. The number of carbonyl (C=O) groups excluding carboxylic acids is 1. The quantitative estimate of drug-likeness (QED) is 0.744. The van der Waals surface area contributed by atoms with Crippen LogP contribution >= 0.6 is 0 Å². The third kappa shape index (κ3) is 3.35. The topological polar surface area (TPSA) is 36.1 Å². The fourth-order valence-electron chi connectivity index (χ4n) is 3.17. The molecule has 0 bridgehead atoms. The molecule has 24 heavy (non-hydrogen) atoms. The highest BCUT2D eigenvalue weighted by Crippen LogP contribution is 2.24. The summed E-state index contributed by atoms with van der Waals surface area (Å²) in [6.07, 6.45) is 0.440. The SMILES string of the molecule is CCN(Cc1ccccc1)C(=O)Cc1c(C)[nH]c2ccc(C)cc12. The predicted octanol–water partition coefficient (Wildman–Crippen LogP) is 4.38. The van der Waals surface area contributed by atoms with Crippen molar-refractivity contribution in [3.8, 4) is 0 Å². The Morgan fingerprint density at radius 2 is 1.83 bits per heavy atom. The lowest BCUT2D eigenvalue weighted by Gasteiger charge is -2.21. The van der Waals surface area contributed by atoms with Crippen molar-refractivity contribution in [1.29, 1.82) is 0 Å². The zero-order chi connectivity index (χ0) is 17.1. The Morgan fingerprint density at radius 1 is 1.08 bits per heavy atom. The first kappa shape index (κ1) is 16.3. The third-order valence-electron chi connectivity index (χ3n) is 4.55. The molecule has 0 radical (unpaired) electrons. The Morgan fingerprint density at radius 3 is 2.54 bits per heavy atom. The number of aromatic nitrogens is 1. The molecule has 1 N–H and O–H groups in total. The number of aryl methyl sites for hydroxylation is 2. The summed E-state index contributed by atoms with van der Waals surface area (Å²) < 4.78 is 0. The number of amides is 1. The van der Waals surface area contributed by atoms with E-state index >= 15 is 0 Å². The fourth-order valence-corrected chi connectivity index (χ4v) is 3.17. The fraction of sp³-hybridized carbons (Fsp3) is 0.286. The standard InChI is InChI=1S/C21H24N2O/c1-4-23(14-17-8-6-5-7-9-17)21(24)13-18-16(3)22-20-11-10-15(2)12-19(18)20/h5-12,22H,4,13-14H2,1-3H3. The first-order chi connectivity index (χ1) is 11.6. The summed E-state index contributed by atoms with van der Waals surface area (Å²) in [5.74, 6) is 0.173. The van der Waals surface area contributed by atoms with Crippen LogP contribution in [0.15, 0.2) is 48.5 Å². The van der Waals surface area contributed by atoms with Crippen LogP contribution in [0.3, 0.4) is 0 Å². The van der Waals surface area contributed by atoms with Crippen LogP contribution in [0.2, 0.25) is 0 Å². The molecule has 0 aliphatic carbocycles. The molecule has 1 amide bonds. The highest BCUT2D eigenvalue weighted by atomic mass is 16.2. The van der Waals surface area contributed by atoms with Crippen LogP contribution in [0.4, 0.5) is 0 Å². The second-order valence-electron chi connectivity index (χ2n) is 6.35. The highest BCUT2D eigenvalue weighted by Gasteiger charge is 2.17. The van der Waals surface area contributed by atoms with Crippen LogP contribution < -0.4 is 0 Å². The van der Waals surface area contributed by atoms with Crippen LogP contribution in [0.5, 0.6) is 0 Å². The van der Waals surface area contributed by atoms with E-state index in [-0.39, 0.29) is 5.91 Å². The van der Waals surface area contributed by atoms with Gasteiger partial charge in [-0.2, -0.15) is 0 Å². The van der Waals surface area contributed by atoms with E-state index in [1.54, 1.807) is 0 Å². The van der Waals surface area contributed by atoms with Crippen molar-refractivity contribution < 1.29 is 4.79 Å².